The Morgan fingerprint density at radius 1 is 1.53 bits per heavy atom. The molecule has 0 bridgehead atoms. The molecule has 0 fully saturated rings. The smallest absolute Gasteiger partial charge is 0.244 e. The van der Waals surface area contributed by atoms with Crippen LogP contribution in [-0.2, 0) is 11.2 Å². The topological polar surface area (TPSA) is 57.8 Å². The largest absolute Gasteiger partial charge is 0.353 e. The summed E-state index contributed by atoms with van der Waals surface area (Å²) in [4.78, 5) is 21.1. The van der Waals surface area contributed by atoms with Crippen molar-refractivity contribution in [3.8, 4) is 0 Å². The number of imidazole rings is 1. The zero-order valence-electron chi connectivity index (χ0n) is 10.8. The van der Waals surface area contributed by atoms with Crippen molar-refractivity contribution < 1.29 is 4.79 Å². The summed E-state index contributed by atoms with van der Waals surface area (Å²) in [7, 11) is 0. The molecule has 0 aliphatic heterocycles. The van der Waals surface area contributed by atoms with E-state index in [-0.39, 0.29) is 5.91 Å². The molecule has 0 aliphatic carbocycles. The highest BCUT2D eigenvalue weighted by Gasteiger charge is 1.98. The Morgan fingerprint density at radius 2 is 2.42 bits per heavy atom. The Hall–Kier alpha value is -1.88. The average molecular weight is 275 g/mol. The molecule has 19 heavy (non-hydrogen) atoms. The van der Waals surface area contributed by atoms with E-state index in [1.165, 1.54) is 4.88 Å². The average Bonchev–Trinajstić information content (AvgIpc) is 3.03. The summed E-state index contributed by atoms with van der Waals surface area (Å²) in [6, 6.07) is 4.06. The summed E-state index contributed by atoms with van der Waals surface area (Å²) in [5, 5.41) is 2.86. The quantitative estimate of drug-likeness (QED) is 0.629. The molecule has 0 aromatic carbocycles. The molecular formula is C14H17N3OS. The second-order valence-electron chi connectivity index (χ2n) is 4.21. The second-order valence-corrected chi connectivity index (χ2v) is 5.53. The highest BCUT2D eigenvalue weighted by Crippen LogP contribution is 2.16. The first-order chi connectivity index (χ1) is 9.24. The maximum atomic E-state index is 11.6. The van der Waals surface area contributed by atoms with Crippen molar-refractivity contribution >= 4 is 23.3 Å². The van der Waals surface area contributed by atoms with Crippen molar-refractivity contribution in [3.63, 3.8) is 0 Å². The molecule has 0 saturated heterocycles. The van der Waals surface area contributed by atoms with Crippen LogP contribution in [-0.4, -0.2) is 22.4 Å². The van der Waals surface area contributed by atoms with Crippen LogP contribution in [0.3, 0.4) is 0 Å². The molecule has 0 spiro atoms. The zero-order chi connectivity index (χ0) is 13.5. The fraction of sp³-hybridized carbons (Fsp3) is 0.286. The number of carbonyl (C=O) groups excluding carboxylic acids is 1. The molecule has 4 nitrogen and oxygen atoms in total. The van der Waals surface area contributed by atoms with E-state index in [1.807, 2.05) is 18.2 Å². The van der Waals surface area contributed by atoms with Crippen molar-refractivity contribution in [2.75, 3.05) is 6.54 Å². The number of carbonyl (C=O) groups is 1. The molecule has 5 heteroatoms. The van der Waals surface area contributed by atoms with E-state index < -0.39 is 0 Å². The summed E-state index contributed by atoms with van der Waals surface area (Å²) in [6.45, 7) is 2.71. The molecule has 2 N–H and O–H groups in total. The first-order valence-electron chi connectivity index (χ1n) is 6.24. The Bertz CT molecular complexity index is 543. The molecule has 0 atom stereocenters. The number of aromatic amines is 1. The third-order valence-electron chi connectivity index (χ3n) is 2.60. The van der Waals surface area contributed by atoms with Crippen LogP contribution in [0.2, 0.25) is 0 Å². The van der Waals surface area contributed by atoms with E-state index in [9.17, 15) is 4.79 Å². The van der Waals surface area contributed by atoms with Gasteiger partial charge in [0.25, 0.3) is 0 Å². The highest BCUT2D eigenvalue weighted by molar-refractivity contribution is 7.12. The minimum Gasteiger partial charge on any atom is -0.353 e. The number of aryl methyl sites for hydroxylation is 2. The van der Waals surface area contributed by atoms with E-state index in [0.717, 1.165) is 23.5 Å². The van der Waals surface area contributed by atoms with Gasteiger partial charge >= 0.3 is 0 Å². The Labute approximate surface area is 116 Å². The summed E-state index contributed by atoms with van der Waals surface area (Å²) in [5.41, 5.74) is 0. The second kappa shape index (κ2) is 6.89. The van der Waals surface area contributed by atoms with Crippen molar-refractivity contribution in [1.82, 2.24) is 15.3 Å². The standard InChI is InChI=1S/C14H17N3OS/c1-11-4-5-12(19-11)6-7-14(18)17-8-2-3-13-15-9-10-16-13/h4-7,9-10H,2-3,8H2,1H3,(H,15,16)(H,17,18)/b7-6+. The number of nitrogens with one attached hydrogen (secondary N) is 2. The van der Waals surface area contributed by atoms with Crippen LogP contribution in [0, 0.1) is 6.92 Å². The van der Waals surface area contributed by atoms with Crippen LogP contribution in [0.15, 0.2) is 30.6 Å². The van der Waals surface area contributed by atoms with Gasteiger partial charge in [0, 0.05) is 41.2 Å². The van der Waals surface area contributed by atoms with Gasteiger partial charge in [0.2, 0.25) is 5.91 Å². The maximum Gasteiger partial charge on any atom is 0.244 e. The fourth-order valence-corrected chi connectivity index (χ4v) is 2.44. The van der Waals surface area contributed by atoms with Gasteiger partial charge in [-0.1, -0.05) is 0 Å². The van der Waals surface area contributed by atoms with Crippen LogP contribution >= 0.6 is 11.3 Å². The minimum absolute atomic E-state index is 0.0505. The minimum atomic E-state index is -0.0505. The van der Waals surface area contributed by atoms with E-state index in [4.69, 9.17) is 0 Å². The highest BCUT2D eigenvalue weighted by atomic mass is 32.1. The van der Waals surface area contributed by atoms with Crippen LogP contribution in [0.1, 0.15) is 22.0 Å². The molecule has 100 valence electrons. The lowest BCUT2D eigenvalue weighted by Gasteiger charge is -2.00. The summed E-state index contributed by atoms with van der Waals surface area (Å²) in [5.74, 6) is 0.907. The molecule has 2 aromatic heterocycles. The molecule has 0 unspecified atom stereocenters. The SMILES string of the molecule is Cc1ccc(/C=C/C(=O)NCCCc2ncc[nH]2)s1. The third kappa shape index (κ3) is 4.71. The fourth-order valence-electron chi connectivity index (χ4n) is 1.66. The predicted molar refractivity (Wildman–Crippen MR) is 78.0 cm³/mol. The molecule has 2 aromatic rings. The third-order valence-corrected chi connectivity index (χ3v) is 3.57. The molecule has 2 heterocycles. The van der Waals surface area contributed by atoms with E-state index in [0.29, 0.717) is 6.54 Å². The van der Waals surface area contributed by atoms with Gasteiger partial charge in [-0.05, 0) is 31.6 Å². The number of thiophene rings is 1. The molecular weight excluding hydrogens is 258 g/mol. The van der Waals surface area contributed by atoms with Gasteiger partial charge < -0.3 is 10.3 Å². The summed E-state index contributed by atoms with van der Waals surface area (Å²) in [6.07, 6.45) is 8.70. The van der Waals surface area contributed by atoms with Gasteiger partial charge in [0.05, 0.1) is 0 Å². The van der Waals surface area contributed by atoms with Gasteiger partial charge in [-0.25, -0.2) is 4.98 Å². The van der Waals surface area contributed by atoms with Crippen LogP contribution in [0.25, 0.3) is 6.08 Å². The lowest BCUT2D eigenvalue weighted by molar-refractivity contribution is -0.116. The van der Waals surface area contributed by atoms with Crippen molar-refractivity contribution in [3.05, 3.63) is 46.2 Å². The van der Waals surface area contributed by atoms with Gasteiger partial charge in [0.1, 0.15) is 5.82 Å². The van der Waals surface area contributed by atoms with Crippen LogP contribution in [0.4, 0.5) is 0 Å². The summed E-state index contributed by atoms with van der Waals surface area (Å²) < 4.78 is 0. The number of H-pyrrole nitrogens is 1. The Balaban J connectivity index is 1.66. The van der Waals surface area contributed by atoms with Crippen LogP contribution < -0.4 is 5.32 Å². The number of aromatic nitrogens is 2. The molecule has 0 radical (unpaired) electrons. The normalized spacial score (nSPS) is 11.0. The zero-order valence-corrected chi connectivity index (χ0v) is 11.7. The monoisotopic (exact) mass is 275 g/mol. The number of hydrogen-bond acceptors (Lipinski definition) is 3. The lowest BCUT2D eigenvalue weighted by Crippen LogP contribution is -2.22. The molecule has 1 amide bonds. The van der Waals surface area contributed by atoms with Crippen molar-refractivity contribution in [2.45, 2.75) is 19.8 Å². The number of nitrogens with zero attached hydrogens (tertiary/aromatic N) is 1. The van der Waals surface area contributed by atoms with Gasteiger partial charge in [-0.15, -0.1) is 11.3 Å². The van der Waals surface area contributed by atoms with Crippen molar-refractivity contribution in [1.29, 1.82) is 0 Å². The lowest BCUT2D eigenvalue weighted by atomic mass is 10.3. The van der Waals surface area contributed by atoms with Gasteiger partial charge in [-0.2, -0.15) is 0 Å². The first kappa shape index (κ1) is 13.5. The Morgan fingerprint density at radius 3 is 3.11 bits per heavy atom. The number of hydrogen-bond donors (Lipinski definition) is 2. The molecule has 0 aliphatic rings. The summed E-state index contributed by atoms with van der Waals surface area (Å²) >= 11 is 1.68. The van der Waals surface area contributed by atoms with E-state index >= 15 is 0 Å². The van der Waals surface area contributed by atoms with Crippen LogP contribution in [0.5, 0.6) is 0 Å². The maximum absolute atomic E-state index is 11.6. The predicted octanol–water partition coefficient (Wildman–Crippen LogP) is 2.54. The number of amides is 1. The first-order valence-corrected chi connectivity index (χ1v) is 7.06. The van der Waals surface area contributed by atoms with Gasteiger partial charge in [0.15, 0.2) is 0 Å². The Kier molecular flexibility index (Phi) is 4.92. The van der Waals surface area contributed by atoms with E-state index in [2.05, 4.69) is 22.2 Å². The number of rotatable bonds is 6. The van der Waals surface area contributed by atoms with E-state index in [1.54, 1.807) is 29.8 Å². The van der Waals surface area contributed by atoms with Crippen molar-refractivity contribution in [2.24, 2.45) is 0 Å². The van der Waals surface area contributed by atoms with Gasteiger partial charge in [-0.3, -0.25) is 4.79 Å². The molecule has 2 rings (SSSR count). The molecule has 0 saturated carbocycles.